The van der Waals surface area contributed by atoms with E-state index in [9.17, 15) is 9.59 Å². The lowest BCUT2D eigenvalue weighted by molar-refractivity contribution is -0.135. The normalized spacial score (nSPS) is 17.8. The molecule has 1 saturated heterocycles. The van der Waals surface area contributed by atoms with Gasteiger partial charge in [-0.25, -0.2) is 19.2 Å². The second-order valence-electron chi connectivity index (χ2n) is 14.5. The summed E-state index contributed by atoms with van der Waals surface area (Å²) in [6, 6.07) is 9.84. The minimum absolute atomic E-state index is 0.0665. The lowest BCUT2D eigenvalue weighted by Gasteiger charge is -2.30. The molecule has 50 heavy (non-hydrogen) atoms. The van der Waals surface area contributed by atoms with Gasteiger partial charge in [0.05, 0.1) is 51.7 Å². The van der Waals surface area contributed by atoms with Crippen LogP contribution in [0.4, 0.5) is 9.18 Å². The van der Waals surface area contributed by atoms with Crippen LogP contribution < -0.4 is 10.1 Å². The Labute approximate surface area is 299 Å². The Morgan fingerprint density at radius 2 is 1.98 bits per heavy atom. The maximum atomic E-state index is 16.3. The van der Waals surface area contributed by atoms with Crippen molar-refractivity contribution >= 4 is 45.8 Å². The Morgan fingerprint density at radius 1 is 1.18 bits per heavy atom. The number of benzene rings is 2. The van der Waals surface area contributed by atoms with Gasteiger partial charge in [-0.15, -0.1) is 11.3 Å². The monoisotopic (exact) mass is 718 g/mol. The van der Waals surface area contributed by atoms with E-state index in [4.69, 9.17) is 26.1 Å². The van der Waals surface area contributed by atoms with Crippen LogP contribution >= 0.6 is 22.9 Å². The summed E-state index contributed by atoms with van der Waals surface area (Å²) in [6.45, 7) is 10.8. The molecule has 2 aliphatic heterocycles. The molecule has 0 radical (unpaired) electrons. The average Bonchev–Trinajstić information content (AvgIpc) is 3.87. The molecule has 1 fully saturated rings. The number of imidazole rings is 1. The van der Waals surface area contributed by atoms with Crippen LogP contribution in [0.25, 0.3) is 33.4 Å². The molecular formula is C37H40ClFN6O4S. The molecule has 2 amide bonds. The van der Waals surface area contributed by atoms with Gasteiger partial charge in [0.1, 0.15) is 23.4 Å². The molecule has 10 nitrogen and oxygen atoms in total. The van der Waals surface area contributed by atoms with Gasteiger partial charge < -0.3 is 24.7 Å². The summed E-state index contributed by atoms with van der Waals surface area (Å²) in [5, 5.41) is 5.16. The molecular weight excluding hydrogens is 679 g/mol. The fourth-order valence-electron chi connectivity index (χ4n) is 6.91. The van der Waals surface area contributed by atoms with Crippen LogP contribution in [0.15, 0.2) is 48.8 Å². The number of hydrogen-bond donors (Lipinski definition) is 2. The Hall–Kier alpha value is -4.42. The number of aromatic amines is 1. The number of aromatic nitrogens is 4. The van der Waals surface area contributed by atoms with Gasteiger partial charge in [0.15, 0.2) is 0 Å². The maximum Gasteiger partial charge on any atom is 0.407 e. The number of carbonyl (C=O) groups is 2. The highest BCUT2D eigenvalue weighted by Gasteiger charge is 2.38. The lowest BCUT2D eigenvalue weighted by Crippen LogP contribution is -2.51. The van der Waals surface area contributed by atoms with E-state index in [0.717, 1.165) is 33.6 Å². The number of alkyl carbamates (subject to hydrolysis) is 1. The van der Waals surface area contributed by atoms with E-state index in [1.807, 2.05) is 54.9 Å². The number of carbonyl (C=O) groups excluding carboxylic acids is 2. The number of likely N-dealkylation sites (tertiary alicyclic amines) is 1. The summed E-state index contributed by atoms with van der Waals surface area (Å²) in [5.41, 5.74) is 3.15. The molecule has 3 unspecified atom stereocenters. The van der Waals surface area contributed by atoms with E-state index in [1.54, 1.807) is 22.4 Å². The molecule has 0 saturated carbocycles. The van der Waals surface area contributed by atoms with Crippen LogP contribution in [0.2, 0.25) is 5.02 Å². The number of nitrogens with one attached hydrogen (secondary N) is 2. The molecule has 2 aromatic carbocycles. The highest BCUT2D eigenvalue weighted by Crippen LogP contribution is 2.48. The first-order valence-corrected chi connectivity index (χ1v) is 18.0. The largest absolute Gasteiger partial charge is 0.464 e. The van der Waals surface area contributed by atoms with Crippen LogP contribution in [0.3, 0.4) is 0 Å². The second-order valence-corrected chi connectivity index (χ2v) is 16.1. The summed E-state index contributed by atoms with van der Waals surface area (Å²) >= 11 is 7.97. The van der Waals surface area contributed by atoms with Crippen LogP contribution in [0, 0.1) is 17.2 Å². The SMILES string of the molecule is COC(=O)NC(C(=O)N1CCCC1c1ncc(-c2cc(F)c3c(c2)OC(c2cnc(CC(C)(C)C)s2)n2c-3cc3cc(Cl)ccc32)[nH]1)C(C)C. The number of halogens is 2. The zero-order valence-electron chi connectivity index (χ0n) is 28.8. The van der Waals surface area contributed by atoms with E-state index >= 15 is 4.39 Å². The minimum atomic E-state index is -0.743. The number of nitrogens with zero attached hydrogens (tertiary/aromatic N) is 4. The molecule has 5 heterocycles. The Morgan fingerprint density at radius 3 is 2.72 bits per heavy atom. The standard InChI is InChI=1S/C37H40ClFN6O4S/c1-19(2)32(43-36(47)48-6)34(46)44-11-7-8-26(44)33-41-17-24(42-33)20-13-23(39)31-27-14-21-12-22(38)9-10-25(21)45(27)35(49-28(31)15-20)29-18-40-30(50-29)16-37(3,4)5/h9-10,12-15,17-19,26,32,35H,7-8,11,16H2,1-6H3,(H,41,42)(H,43,47). The third-order valence-corrected chi connectivity index (χ3v) is 10.5. The van der Waals surface area contributed by atoms with Gasteiger partial charge in [0, 0.05) is 35.1 Å². The summed E-state index contributed by atoms with van der Waals surface area (Å²) in [5.74, 6) is 0.209. The van der Waals surface area contributed by atoms with Crippen molar-refractivity contribution in [1.82, 2.24) is 29.7 Å². The molecule has 2 aliphatic rings. The molecule has 3 atom stereocenters. The number of rotatable bonds is 7. The van der Waals surface area contributed by atoms with Gasteiger partial charge in [-0.3, -0.25) is 9.36 Å². The smallest absolute Gasteiger partial charge is 0.407 e. The Bertz CT molecular complexity index is 2100. The van der Waals surface area contributed by atoms with Crippen molar-refractivity contribution in [2.45, 2.75) is 72.2 Å². The van der Waals surface area contributed by atoms with Crippen LogP contribution in [-0.2, 0) is 16.0 Å². The predicted molar refractivity (Wildman–Crippen MR) is 192 cm³/mol. The maximum absolute atomic E-state index is 16.3. The van der Waals surface area contributed by atoms with Crippen molar-refractivity contribution in [1.29, 1.82) is 0 Å². The molecule has 7 rings (SSSR count). The molecule has 0 aliphatic carbocycles. The van der Waals surface area contributed by atoms with Gasteiger partial charge in [0.2, 0.25) is 12.1 Å². The summed E-state index contributed by atoms with van der Waals surface area (Å²) in [4.78, 5) is 41.0. The van der Waals surface area contributed by atoms with E-state index in [1.165, 1.54) is 13.2 Å². The van der Waals surface area contributed by atoms with E-state index in [0.29, 0.717) is 52.1 Å². The van der Waals surface area contributed by atoms with Crippen molar-refractivity contribution in [2.75, 3.05) is 13.7 Å². The van der Waals surface area contributed by atoms with Gasteiger partial charge in [-0.1, -0.05) is 46.2 Å². The topological polar surface area (TPSA) is 114 Å². The van der Waals surface area contributed by atoms with Gasteiger partial charge >= 0.3 is 6.09 Å². The first-order chi connectivity index (χ1) is 23.8. The van der Waals surface area contributed by atoms with Crippen molar-refractivity contribution in [3.05, 3.63) is 75.3 Å². The quantitative estimate of drug-likeness (QED) is 0.174. The number of amides is 2. The molecule has 13 heteroatoms. The summed E-state index contributed by atoms with van der Waals surface area (Å²) in [7, 11) is 1.27. The minimum Gasteiger partial charge on any atom is -0.464 e. The van der Waals surface area contributed by atoms with Crippen LogP contribution in [0.1, 0.15) is 75.4 Å². The molecule has 5 aromatic rings. The van der Waals surface area contributed by atoms with Gasteiger partial charge in [-0.2, -0.15) is 0 Å². The Balaban J connectivity index is 1.24. The predicted octanol–water partition coefficient (Wildman–Crippen LogP) is 8.52. The molecule has 2 N–H and O–H groups in total. The zero-order valence-corrected chi connectivity index (χ0v) is 30.4. The molecule has 262 valence electrons. The van der Waals surface area contributed by atoms with Crippen molar-refractivity contribution in [3.8, 4) is 28.3 Å². The highest BCUT2D eigenvalue weighted by molar-refractivity contribution is 7.11. The number of ether oxygens (including phenoxy) is 2. The number of hydrogen-bond acceptors (Lipinski definition) is 7. The highest BCUT2D eigenvalue weighted by atomic mass is 35.5. The number of fused-ring (bicyclic) bond motifs is 5. The fourth-order valence-corrected chi connectivity index (χ4v) is 8.33. The number of methoxy groups -OCH3 is 1. The van der Waals surface area contributed by atoms with Crippen molar-refractivity contribution < 1.29 is 23.5 Å². The van der Waals surface area contributed by atoms with Crippen LogP contribution in [-0.4, -0.2) is 56.1 Å². The van der Waals surface area contributed by atoms with Crippen molar-refractivity contribution in [3.63, 3.8) is 0 Å². The van der Waals surface area contributed by atoms with Crippen molar-refractivity contribution in [2.24, 2.45) is 11.3 Å². The Kier molecular flexibility index (Phi) is 8.88. The van der Waals surface area contributed by atoms with E-state index in [2.05, 4.69) is 36.1 Å². The number of thiazole rings is 1. The summed E-state index contributed by atoms with van der Waals surface area (Å²) < 4.78 is 29.8. The first-order valence-electron chi connectivity index (χ1n) is 16.8. The first kappa shape index (κ1) is 34.0. The van der Waals surface area contributed by atoms with Crippen LogP contribution in [0.5, 0.6) is 5.75 Å². The second kappa shape index (κ2) is 13.0. The lowest BCUT2D eigenvalue weighted by atomic mass is 9.93. The average molecular weight is 719 g/mol. The molecule has 3 aromatic heterocycles. The molecule has 0 spiro atoms. The fraction of sp³-hybridized carbons (Fsp3) is 0.405. The van der Waals surface area contributed by atoms with Gasteiger partial charge in [0.25, 0.3) is 0 Å². The third-order valence-electron chi connectivity index (χ3n) is 9.23. The summed E-state index contributed by atoms with van der Waals surface area (Å²) in [6.07, 6.45) is 4.59. The third kappa shape index (κ3) is 6.35. The van der Waals surface area contributed by atoms with E-state index in [-0.39, 0.29) is 23.3 Å². The van der Waals surface area contributed by atoms with E-state index < -0.39 is 24.2 Å². The molecule has 0 bridgehead atoms. The number of H-pyrrole nitrogens is 1. The van der Waals surface area contributed by atoms with Gasteiger partial charge in [-0.05, 0) is 60.6 Å². The zero-order chi connectivity index (χ0) is 35.5.